The van der Waals surface area contributed by atoms with Crippen molar-refractivity contribution in [2.24, 2.45) is 0 Å². The fourth-order valence-corrected chi connectivity index (χ4v) is 5.14. The molecule has 0 radical (unpaired) electrons. The van der Waals surface area contributed by atoms with E-state index in [9.17, 15) is 4.79 Å². The molecule has 34 heavy (non-hydrogen) atoms. The molecule has 0 fully saturated rings. The summed E-state index contributed by atoms with van der Waals surface area (Å²) in [7, 11) is 0. The van der Waals surface area contributed by atoms with Gasteiger partial charge < -0.3 is 8.98 Å². The highest BCUT2D eigenvalue weighted by Gasteiger charge is 2.16. The molecule has 7 heteroatoms. The van der Waals surface area contributed by atoms with E-state index < -0.39 is 0 Å². The van der Waals surface area contributed by atoms with E-state index in [-0.39, 0.29) is 5.63 Å². The van der Waals surface area contributed by atoms with Gasteiger partial charge in [0.25, 0.3) is 0 Å². The molecule has 5 nitrogen and oxygen atoms in total. The van der Waals surface area contributed by atoms with Gasteiger partial charge in [-0.2, -0.15) is 0 Å². The average Bonchev–Trinajstić information content (AvgIpc) is 3.22. The topological polar surface area (TPSA) is 60.9 Å². The van der Waals surface area contributed by atoms with E-state index in [2.05, 4.69) is 21.7 Å². The summed E-state index contributed by atoms with van der Waals surface area (Å²) in [4.78, 5) is 12.1. The molecule has 0 unspecified atom stereocenters. The number of rotatable bonds is 11. The molecular formula is C27H30ClN3O2S. The first-order valence-electron chi connectivity index (χ1n) is 11.9. The standard InChI is InChI=1S/C27H30ClN3O2S/c1-3-4-5-6-7-8-15-31-26(20-10-12-22(28)13-11-20)29-30-27(31)34-18-21-17-25(32)33-24-16-19(2)9-14-23(21)24/h9-14,16-17H,3-8,15,18H2,1-2H3. The number of unbranched alkanes of at least 4 members (excludes halogenated alkanes) is 5. The second kappa shape index (κ2) is 11.7. The maximum absolute atomic E-state index is 12.1. The van der Waals surface area contributed by atoms with Crippen LogP contribution in [-0.4, -0.2) is 14.8 Å². The molecule has 0 N–H and O–H groups in total. The molecule has 0 saturated carbocycles. The van der Waals surface area contributed by atoms with Crippen molar-refractivity contribution in [3.63, 3.8) is 0 Å². The van der Waals surface area contributed by atoms with Crippen LogP contribution in [0.5, 0.6) is 0 Å². The second-order valence-corrected chi connectivity index (χ2v) is 9.99. The molecule has 0 amide bonds. The van der Waals surface area contributed by atoms with E-state index in [1.54, 1.807) is 17.8 Å². The van der Waals surface area contributed by atoms with Crippen LogP contribution >= 0.6 is 23.4 Å². The summed E-state index contributed by atoms with van der Waals surface area (Å²) in [6.07, 6.45) is 7.34. The highest BCUT2D eigenvalue weighted by molar-refractivity contribution is 7.98. The summed E-state index contributed by atoms with van der Waals surface area (Å²) in [6, 6.07) is 15.3. The number of nitrogens with zero attached hydrogens (tertiary/aromatic N) is 3. The molecule has 2 heterocycles. The fourth-order valence-electron chi connectivity index (χ4n) is 4.06. The maximum Gasteiger partial charge on any atom is 0.336 e. The highest BCUT2D eigenvalue weighted by atomic mass is 35.5. The minimum absolute atomic E-state index is 0.330. The molecule has 2 aromatic heterocycles. The lowest BCUT2D eigenvalue weighted by atomic mass is 10.1. The van der Waals surface area contributed by atoms with Crippen molar-refractivity contribution < 1.29 is 4.42 Å². The third kappa shape index (κ3) is 6.10. The van der Waals surface area contributed by atoms with Gasteiger partial charge >= 0.3 is 5.63 Å². The van der Waals surface area contributed by atoms with Crippen LogP contribution in [0.2, 0.25) is 5.02 Å². The second-order valence-electron chi connectivity index (χ2n) is 8.61. The molecule has 0 aliphatic rings. The molecular weight excluding hydrogens is 466 g/mol. The van der Waals surface area contributed by atoms with Gasteiger partial charge in [-0.05, 0) is 54.8 Å². The number of aromatic nitrogens is 3. The van der Waals surface area contributed by atoms with Crippen molar-refractivity contribution in [2.75, 3.05) is 0 Å². The van der Waals surface area contributed by atoms with E-state index in [1.165, 1.54) is 32.1 Å². The van der Waals surface area contributed by atoms with Crippen molar-refractivity contribution >= 4 is 34.3 Å². The Morgan fingerprint density at radius 2 is 1.74 bits per heavy atom. The molecule has 178 valence electrons. The lowest BCUT2D eigenvalue weighted by Gasteiger charge is -2.11. The zero-order valence-electron chi connectivity index (χ0n) is 19.7. The fraction of sp³-hybridized carbons (Fsp3) is 0.370. The van der Waals surface area contributed by atoms with Crippen LogP contribution in [0, 0.1) is 6.92 Å². The predicted molar refractivity (Wildman–Crippen MR) is 141 cm³/mol. The van der Waals surface area contributed by atoms with Crippen molar-refractivity contribution in [3.05, 3.63) is 75.1 Å². The van der Waals surface area contributed by atoms with Gasteiger partial charge in [0.2, 0.25) is 0 Å². The van der Waals surface area contributed by atoms with Gasteiger partial charge in [0.1, 0.15) is 5.58 Å². The molecule has 0 bridgehead atoms. The van der Waals surface area contributed by atoms with Crippen LogP contribution in [0.3, 0.4) is 0 Å². The summed E-state index contributed by atoms with van der Waals surface area (Å²) >= 11 is 7.70. The van der Waals surface area contributed by atoms with Crippen molar-refractivity contribution in [1.82, 2.24) is 14.8 Å². The third-order valence-corrected chi connectivity index (χ3v) is 7.16. The minimum atomic E-state index is -0.330. The number of benzene rings is 2. The zero-order valence-corrected chi connectivity index (χ0v) is 21.3. The molecule has 0 atom stereocenters. The quantitative estimate of drug-likeness (QED) is 0.121. The number of halogens is 1. The Kier molecular flexibility index (Phi) is 8.46. The van der Waals surface area contributed by atoms with Crippen LogP contribution in [0.1, 0.15) is 56.6 Å². The predicted octanol–water partition coefficient (Wildman–Crippen LogP) is 7.67. The number of fused-ring (bicyclic) bond motifs is 1. The van der Waals surface area contributed by atoms with Gasteiger partial charge in [-0.15, -0.1) is 10.2 Å². The summed E-state index contributed by atoms with van der Waals surface area (Å²) < 4.78 is 7.61. The van der Waals surface area contributed by atoms with Crippen LogP contribution in [0.25, 0.3) is 22.4 Å². The molecule has 0 aliphatic carbocycles. The Morgan fingerprint density at radius 1 is 0.971 bits per heavy atom. The average molecular weight is 496 g/mol. The highest BCUT2D eigenvalue weighted by Crippen LogP contribution is 2.30. The minimum Gasteiger partial charge on any atom is -0.423 e. The van der Waals surface area contributed by atoms with E-state index in [1.807, 2.05) is 49.4 Å². The SMILES string of the molecule is CCCCCCCCn1c(SCc2cc(=O)oc3cc(C)ccc23)nnc1-c1ccc(Cl)cc1. The maximum atomic E-state index is 12.1. The van der Waals surface area contributed by atoms with Crippen molar-refractivity contribution in [2.45, 2.75) is 69.8 Å². The van der Waals surface area contributed by atoms with Crippen LogP contribution in [-0.2, 0) is 12.3 Å². The van der Waals surface area contributed by atoms with Crippen LogP contribution in [0.4, 0.5) is 0 Å². The Bertz CT molecular complexity index is 1300. The Hall–Kier alpha value is -2.57. The number of hydrogen-bond donors (Lipinski definition) is 0. The van der Waals surface area contributed by atoms with Crippen LogP contribution in [0.15, 0.2) is 62.9 Å². The third-order valence-electron chi connectivity index (χ3n) is 5.90. The molecule has 0 spiro atoms. The monoisotopic (exact) mass is 495 g/mol. The van der Waals surface area contributed by atoms with Crippen LogP contribution < -0.4 is 5.63 Å². The van der Waals surface area contributed by atoms with E-state index in [0.717, 1.165) is 46.0 Å². The molecule has 0 aliphatic heterocycles. The van der Waals surface area contributed by atoms with Gasteiger partial charge in [0.15, 0.2) is 11.0 Å². The van der Waals surface area contributed by atoms with E-state index >= 15 is 0 Å². The number of thioether (sulfide) groups is 1. The van der Waals surface area contributed by atoms with Gasteiger partial charge in [-0.25, -0.2) is 4.79 Å². The number of hydrogen-bond acceptors (Lipinski definition) is 5. The molecule has 2 aromatic carbocycles. The normalized spacial score (nSPS) is 11.4. The summed E-state index contributed by atoms with van der Waals surface area (Å²) in [5.41, 5.74) is 3.30. The largest absolute Gasteiger partial charge is 0.423 e. The lowest BCUT2D eigenvalue weighted by molar-refractivity contribution is 0.539. The van der Waals surface area contributed by atoms with Crippen molar-refractivity contribution in [3.8, 4) is 11.4 Å². The van der Waals surface area contributed by atoms with E-state index in [0.29, 0.717) is 16.4 Å². The smallest absolute Gasteiger partial charge is 0.336 e. The van der Waals surface area contributed by atoms with Crippen molar-refractivity contribution in [1.29, 1.82) is 0 Å². The Morgan fingerprint density at radius 3 is 2.53 bits per heavy atom. The molecule has 4 aromatic rings. The summed E-state index contributed by atoms with van der Waals surface area (Å²) in [6.45, 7) is 5.08. The summed E-state index contributed by atoms with van der Waals surface area (Å²) in [5, 5.41) is 11.5. The first-order chi connectivity index (χ1) is 16.5. The van der Waals surface area contributed by atoms with Gasteiger partial charge in [-0.3, -0.25) is 0 Å². The van der Waals surface area contributed by atoms with Gasteiger partial charge in [0.05, 0.1) is 0 Å². The first-order valence-corrected chi connectivity index (χ1v) is 13.3. The lowest BCUT2D eigenvalue weighted by Crippen LogP contribution is -2.04. The Labute approximate surface area is 209 Å². The van der Waals surface area contributed by atoms with Gasteiger partial charge in [-0.1, -0.05) is 74.5 Å². The van der Waals surface area contributed by atoms with Gasteiger partial charge in [0, 0.05) is 34.3 Å². The first kappa shape index (κ1) is 24.6. The molecule has 4 rings (SSSR count). The Balaban J connectivity index is 1.57. The molecule has 0 saturated heterocycles. The zero-order chi connectivity index (χ0) is 23.9. The number of aryl methyl sites for hydroxylation is 1. The summed E-state index contributed by atoms with van der Waals surface area (Å²) in [5.74, 6) is 1.46. The van der Waals surface area contributed by atoms with E-state index in [4.69, 9.17) is 16.0 Å².